The molecular formula is C21H26FN5O. The molecule has 3 heterocycles. The van der Waals surface area contributed by atoms with Crippen LogP contribution in [0.4, 0.5) is 15.8 Å². The summed E-state index contributed by atoms with van der Waals surface area (Å²) in [6.45, 7) is 6.71. The van der Waals surface area contributed by atoms with E-state index in [0.717, 1.165) is 63.7 Å². The molecule has 2 aliphatic rings. The third-order valence-corrected chi connectivity index (χ3v) is 5.59. The SMILES string of the molecule is CN1CCN(C(=O)c2cc(N3CCN(c4ccc(F)cc4)CC3)ccn2)CC1. The van der Waals surface area contributed by atoms with Crippen LogP contribution in [-0.4, -0.2) is 80.1 Å². The zero-order valence-corrected chi connectivity index (χ0v) is 16.2. The number of piperazine rings is 2. The Morgan fingerprint density at radius 3 is 2.11 bits per heavy atom. The molecule has 1 aromatic heterocycles. The van der Waals surface area contributed by atoms with Crippen LogP contribution in [0.5, 0.6) is 0 Å². The number of amides is 1. The third-order valence-electron chi connectivity index (χ3n) is 5.59. The van der Waals surface area contributed by atoms with E-state index in [2.05, 4.69) is 26.7 Å². The van der Waals surface area contributed by atoms with E-state index in [1.807, 2.05) is 29.2 Å². The Balaban J connectivity index is 1.39. The normalized spacial score (nSPS) is 18.4. The number of rotatable bonds is 3. The Morgan fingerprint density at radius 2 is 1.46 bits per heavy atom. The number of carbonyl (C=O) groups excluding carboxylic acids is 1. The smallest absolute Gasteiger partial charge is 0.272 e. The molecule has 0 radical (unpaired) electrons. The summed E-state index contributed by atoms with van der Waals surface area (Å²) in [5.74, 6) is -0.198. The molecule has 0 atom stereocenters. The fourth-order valence-corrected chi connectivity index (χ4v) is 3.78. The number of hydrogen-bond donors (Lipinski definition) is 0. The van der Waals surface area contributed by atoms with Gasteiger partial charge in [0.15, 0.2) is 0 Å². The van der Waals surface area contributed by atoms with Crippen LogP contribution >= 0.6 is 0 Å². The van der Waals surface area contributed by atoms with Crippen LogP contribution < -0.4 is 9.80 Å². The standard InChI is InChI=1S/C21H26FN5O/c1-24-8-10-27(11-9-24)21(28)20-16-19(6-7-23-20)26-14-12-25(13-15-26)18-4-2-17(22)3-5-18/h2-7,16H,8-15H2,1H3. The van der Waals surface area contributed by atoms with E-state index in [1.54, 1.807) is 6.20 Å². The van der Waals surface area contributed by atoms with Crippen LogP contribution in [0.2, 0.25) is 0 Å². The summed E-state index contributed by atoms with van der Waals surface area (Å²) in [6, 6.07) is 10.5. The lowest BCUT2D eigenvalue weighted by atomic mass is 10.2. The van der Waals surface area contributed by atoms with E-state index in [1.165, 1.54) is 12.1 Å². The van der Waals surface area contributed by atoms with Gasteiger partial charge in [0.2, 0.25) is 0 Å². The van der Waals surface area contributed by atoms with E-state index in [0.29, 0.717) is 5.69 Å². The monoisotopic (exact) mass is 383 g/mol. The maximum absolute atomic E-state index is 13.1. The molecule has 2 aliphatic heterocycles. The van der Waals surface area contributed by atoms with Crippen molar-refractivity contribution in [2.24, 2.45) is 0 Å². The molecule has 28 heavy (non-hydrogen) atoms. The van der Waals surface area contributed by atoms with Gasteiger partial charge in [-0.25, -0.2) is 4.39 Å². The molecule has 0 N–H and O–H groups in total. The zero-order valence-electron chi connectivity index (χ0n) is 16.2. The Hall–Kier alpha value is -2.67. The number of nitrogens with zero attached hydrogens (tertiary/aromatic N) is 5. The summed E-state index contributed by atoms with van der Waals surface area (Å²) >= 11 is 0. The molecule has 0 unspecified atom stereocenters. The number of pyridine rings is 1. The first-order chi connectivity index (χ1) is 13.6. The Bertz CT molecular complexity index is 812. The highest BCUT2D eigenvalue weighted by molar-refractivity contribution is 5.93. The first kappa shape index (κ1) is 18.7. The predicted molar refractivity (Wildman–Crippen MR) is 108 cm³/mol. The second-order valence-corrected chi connectivity index (χ2v) is 7.45. The lowest BCUT2D eigenvalue weighted by Crippen LogP contribution is -2.47. The van der Waals surface area contributed by atoms with Crippen molar-refractivity contribution in [3.05, 3.63) is 54.1 Å². The highest BCUT2D eigenvalue weighted by Crippen LogP contribution is 2.21. The molecule has 2 fully saturated rings. The van der Waals surface area contributed by atoms with Crippen molar-refractivity contribution in [3.63, 3.8) is 0 Å². The Kier molecular flexibility index (Phi) is 5.43. The van der Waals surface area contributed by atoms with Crippen LogP contribution in [-0.2, 0) is 0 Å². The molecule has 6 nitrogen and oxygen atoms in total. The van der Waals surface area contributed by atoms with Crippen LogP contribution in [0.3, 0.4) is 0 Å². The molecule has 4 rings (SSSR count). The van der Waals surface area contributed by atoms with E-state index in [-0.39, 0.29) is 11.7 Å². The topological polar surface area (TPSA) is 42.9 Å². The van der Waals surface area contributed by atoms with E-state index >= 15 is 0 Å². The lowest BCUT2D eigenvalue weighted by Gasteiger charge is -2.37. The predicted octanol–water partition coefficient (Wildman–Crippen LogP) is 1.93. The average molecular weight is 383 g/mol. The van der Waals surface area contributed by atoms with Crippen molar-refractivity contribution in [2.75, 3.05) is 69.2 Å². The van der Waals surface area contributed by atoms with Crippen molar-refractivity contribution in [2.45, 2.75) is 0 Å². The van der Waals surface area contributed by atoms with Crippen molar-refractivity contribution in [1.82, 2.24) is 14.8 Å². The minimum Gasteiger partial charge on any atom is -0.368 e. The largest absolute Gasteiger partial charge is 0.368 e. The summed E-state index contributed by atoms with van der Waals surface area (Å²) in [7, 11) is 2.08. The number of carbonyl (C=O) groups is 1. The van der Waals surface area contributed by atoms with Gasteiger partial charge in [-0.1, -0.05) is 0 Å². The molecule has 1 amide bonds. The van der Waals surface area contributed by atoms with E-state index in [4.69, 9.17) is 0 Å². The highest BCUT2D eigenvalue weighted by atomic mass is 19.1. The minimum absolute atomic E-state index is 0.0138. The lowest BCUT2D eigenvalue weighted by molar-refractivity contribution is 0.0658. The van der Waals surface area contributed by atoms with Gasteiger partial charge in [0.05, 0.1) is 0 Å². The van der Waals surface area contributed by atoms with Gasteiger partial charge in [-0.05, 0) is 43.4 Å². The second kappa shape index (κ2) is 8.14. The van der Waals surface area contributed by atoms with Gasteiger partial charge in [-0.3, -0.25) is 9.78 Å². The summed E-state index contributed by atoms with van der Waals surface area (Å²) < 4.78 is 13.1. The third kappa shape index (κ3) is 4.09. The maximum atomic E-state index is 13.1. The van der Waals surface area contributed by atoms with Gasteiger partial charge in [-0.2, -0.15) is 0 Å². The van der Waals surface area contributed by atoms with E-state index < -0.39 is 0 Å². The number of anilines is 2. The molecule has 0 spiro atoms. The van der Waals surface area contributed by atoms with Crippen LogP contribution in [0.25, 0.3) is 0 Å². The fraction of sp³-hybridized carbons (Fsp3) is 0.429. The Morgan fingerprint density at radius 1 is 0.857 bits per heavy atom. The van der Waals surface area contributed by atoms with Crippen LogP contribution in [0.15, 0.2) is 42.6 Å². The van der Waals surface area contributed by atoms with Crippen LogP contribution in [0, 0.1) is 5.82 Å². The van der Waals surface area contributed by atoms with Gasteiger partial charge in [0.1, 0.15) is 11.5 Å². The van der Waals surface area contributed by atoms with Crippen molar-refractivity contribution >= 4 is 17.3 Å². The summed E-state index contributed by atoms with van der Waals surface area (Å²) in [5, 5.41) is 0. The Labute approximate surface area is 165 Å². The van der Waals surface area contributed by atoms with Gasteiger partial charge >= 0.3 is 0 Å². The second-order valence-electron chi connectivity index (χ2n) is 7.45. The summed E-state index contributed by atoms with van der Waals surface area (Å²) in [5.41, 5.74) is 2.59. The zero-order chi connectivity index (χ0) is 19.5. The number of likely N-dealkylation sites (N-methyl/N-ethyl adjacent to an activating group) is 1. The molecule has 0 aliphatic carbocycles. The van der Waals surface area contributed by atoms with E-state index in [9.17, 15) is 9.18 Å². The molecule has 148 valence electrons. The fourth-order valence-electron chi connectivity index (χ4n) is 3.78. The molecule has 2 saturated heterocycles. The minimum atomic E-state index is -0.211. The van der Waals surface area contributed by atoms with Crippen LogP contribution in [0.1, 0.15) is 10.5 Å². The number of hydrogen-bond acceptors (Lipinski definition) is 5. The quantitative estimate of drug-likeness (QED) is 0.810. The summed E-state index contributed by atoms with van der Waals surface area (Å²) in [6.07, 6.45) is 1.73. The highest BCUT2D eigenvalue weighted by Gasteiger charge is 2.23. The molecule has 2 aromatic rings. The van der Waals surface area contributed by atoms with Gasteiger partial charge < -0.3 is 19.6 Å². The van der Waals surface area contributed by atoms with Gasteiger partial charge in [-0.15, -0.1) is 0 Å². The molecular weight excluding hydrogens is 357 g/mol. The molecule has 1 aromatic carbocycles. The van der Waals surface area contributed by atoms with Crippen molar-refractivity contribution < 1.29 is 9.18 Å². The first-order valence-corrected chi connectivity index (χ1v) is 9.79. The molecule has 0 bridgehead atoms. The first-order valence-electron chi connectivity index (χ1n) is 9.79. The number of benzene rings is 1. The van der Waals surface area contributed by atoms with Gasteiger partial charge in [0.25, 0.3) is 5.91 Å². The van der Waals surface area contributed by atoms with Crippen molar-refractivity contribution in [3.8, 4) is 0 Å². The van der Waals surface area contributed by atoms with Gasteiger partial charge in [0, 0.05) is 69.9 Å². The maximum Gasteiger partial charge on any atom is 0.272 e. The number of halogens is 1. The van der Waals surface area contributed by atoms with Crippen molar-refractivity contribution in [1.29, 1.82) is 0 Å². The average Bonchev–Trinajstić information content (AvgIpc) is 2.75. The number of aromatic nitrogens is 1. The molecule has 0 saturated carbocycles. The summed E-state index contributed by atoms with van der Waals surface area (Å²) in [4.78, 5) is 25.8. The molecule has 7 heteroatoms.